The Hall–Kier alpha value is -1.14. The first kappa shape index (κ1) is 12.9. The van der Waals surface area contributed by atoms with Crippen LogP contribution in [-0.4, -0.2) is 28.9 Å². The number of nitrogens with zero attached hydrogens (tertiary/aromatic N) is 1. The smallest absolute Gasteiger partial charge is 0.382 e. The molecule has 6 heteroatoms. The van der Waals surface area contributed by atoms with E-state index < -0.39 is 18.8 Å². The molecule has 0 aliphatic carbocycles. The quantitative estimate of drug-likeness (QED) is 0.832. The Morgan fingerprint density at radius 2 is 1.94 bits per heavy atom. The van der Waals surface area contributed by atoms with Gasteiger partial charge >= 0.3 is 6.18 Å². The van der Waals surface area contributed by atoms with Crippen LogP contribution in [0.5, 0.6) is 0 Å². The summed E-state index contributed by atoms with van der Waals surface area (Å²) in [5.74, 6) is 0. The lowest BCUT2D eigenvalue weighted by Crippen LogP contribution is -2.39. The van der Waals surface area contributed by atoms with E-state index >= 15 is 0 Å². The average molecular weight is 234 g/mol. The molecule has 90 valence electrons. The third-order valence-electron chi connectivity index (χ3n) is 2.20. The fraction of sp³-hybridized carbons (Fsp3) is 0.500. The molecule has 1 aromatic heterocycles. The predicted octanol–water partition coefficient (Wildman–Crippen LogP) is 1.66. The highest BCUT2D eigenvalue weighted by molar-refractivity contribution is 5.13. The Morgan fingerprint density at radius 3 is 2.44 bits per heavy atom. The summed E-state index contributed by atoms with van der Waals surface area (Å²) in [6.07, 6.45) is -3.79. The van der Waals surface area contributed by atoms with Crippen molar-refractivity contribution < 1.29 is 18.3 Å². The third-order valence-corrected chi connectivity index (χ3v) is 2.20. The first-order chi connectivity index (χ1) is 7.41. The highest BCUT2D eigenvalue weighted by Gasteiger charge is 2.37. The van der Waals surface area contributed by atoms with E-state index in [-0.39, 0.29) is 6.04 Å². The Labute approximate surface area is 91.3 Å². The largest absolute Gasteiger partial charge is 0.415 e. The molecule has 0 saturated carbocycles. The van der Waals surface area contributed by atoms with Crippen molar-refractivity contribution in [2.75, 3.05) is 6.54 Å². The maximum absolute atomic E-state index is 12.0. The summed E-state index contributed by atoms with van der Waals surface area (Å²) in [6, 6.07) is 3.15. The van der Waals surface area contributed by atoms with Crippen LogP contribution in [0.4, 0.5) is 13.2 Å². The lowest BCUT2D eigenvalue weighted by atomic mass is 10.1. The number of alkyl halides is 3. The van der Waals surface area contributed by atoms with E-state index in [2.05, 4.69) is 10.3 Å². The lowest BCUT2D eigenvalue weighted by molar-refractivity contribution is -0.202. The lowest BCUT2D eigenvalue weighted by Gasteiger charge is -2.19. The molecule has 0 radical (unpaired) electrons. The second kappa shape index (κ2) is 5.27. The van der Waals surface area contributed by atoms with Gasteiger partial charge in [0.05, 0.1) is 0 Å². The summed E-state index contributed by atoms with van der Waals surface area (Å²) in [6.45, 7) is 1.20. The van der Waals surface area contributed by atoms with E-state index in [4.69, 9.17) is 5.11 Å². The van der Waals surface area contributed by atoms with Gasteiger partial charge in [-0.05, 0) is 24.6 Å². The second-order valence-corrected chi connectivity index (χ2v) is 3.47. The summed E-state index contributed by atoms with van der Waals surface area (Å²) in [7, 11) is 0. The zero-order chi connectivity index (χ0) is 12.2. The number of aliphatic hydroxyl groups is 1. The molecule has 16 heavy (non-hydrogen) atoms. The van der Waals surface area contributed by atoms with Crippen LogP contribution in [0, 0.1) is 0 Å². The van der Waals surface area contributed by atoms with Gasteiger partial charge in [0, 0.05) is 25.0 Å². The van der Waals surface area contributed by atoms with Crippen LogP contribution in [0.1, 0.15) is 18.5 Å². The molecule has 0 spiro atoms. The fourth-order valence-corrected chi connectivity index (χ4v) is 1.17. The van der Waals surface area contributed by atoms with E-state index in [0.717, 1.165) is 5.56 Å². The van der Waals surface area contributed by atoms with Crippen molar-refractivity contribution in [3.8, 4) is 0 Å². The minimum atomic E-state index is -4.58. The Kier molecular flexibility index (Phi) is 4.26. The van der Waals surface area contributed by atoms with Crippen LogP contribution in [0.15, 0.2) is 24.5 Å². The zero-order valence-corrected chi connectivity index (χ0v) is 8.70. The van der Waals surface area contributed by atoms with E-state index in [1.165, 1.54) is 0 Å². The van der Waals surface area contributed by atoms with Crippen molar-refractivity contribution in [1.29, 1.82) is 0 Å². The maximum Gasteiger partial charge on any atom is 0.415 e. The molecule has 0 aromatic carbocycles. The molecule has 1 heterocycles. The van der Waals surface area contributed by atoms with Gasteiger partial charge in [-0.15, -0.1) is 0 Å². The predicted molar refractivity (Wildman–Crippen MR) is 52.7 cm³/mol. The van der Waals surface area contributed by atoms with Crippen molar-refractivity contribution in [3.63, 3.8) is 0 Å². The van der Waals surface area contributed by atoms with Crippen molar-refractivity contribution in [2.45, 2.75) is 25.2 Å². The molecule has 2 N–H and O–H groups in total. The molecule has 0 saturated heterocycles. The number of aliphatic hydroxyl groups excluding tert-OH is 1. The molecule has 0 fully saturated rings. The zero-order valence-electron chi connectivity index (χ0n) is 8.70. The van der Waals surface area contributed by atoms with Crippen LogP contribution in [-0.2, 0) is 0 Å². The van der Waals surface area contributed by atoms with Crippen LogP contribution >= 0.6 is 0 Å². The number of rotatable bonds is 4. The van der Waals surface area contributed by atoms with Gasteiger partial charge in [-0.1, -0.05) is 0 Å². The van der Waals surface area contributed by atoms with Crippen LogP contribution < -0.4 is 5.32 Å². The highest BCUT2D eigenvalue weighted by atomic mass is 19.4. The number of aromatic nitrogens is 1. The third kappa shape index (κ3) is 3.79. The summed E-state index contributed by atoms with van der Waals surface area (Å²) in [5, 5.41) is 11.4. The standard InChI is InChI=1S/C10H13F3N2O/c1-7(8-2-4-14-5-3-8)15-6-9(16)10(11,12)13/h2-5,7,9,15-16H,6H2,1H3/t7-,9?/m0/s1. The molecular formula is C10H13F3N2O. The topological polar surface area (TPSA) is 45.1 Å². The first-order valence-corrected chi connectivity index (χ1v) is 4.79. The minimum absolute atomic E-state index is 0.264. The number of hydrogen-bond donors (Lipinski definition) is 2. The Bertz CT molecular complexity index is 316. The Morgan fingerprint density at radius 1 is 1.38 bits per heavy atom. The van der Waals surface area contributed by atoms with E-state index in [1.807, 2.05) is 0 Å². The number of halogens is 3. The van der Waals surface area contributed by atoms with Gasteiger partial charge in [0.2, 0.25) is 0 Å². The van der Waals surface area contributed by atoms with Gasteiger partial charge in [0.15, 0.2) is 6.10 Å². The first-order valence-electron chi connectivity index (χ1n) is 4.79. The number of hydrogen-bond acceptors (Lipinski definition) is 3. The van der Waals surface area contributed by atoms with Crippen LogP contribution in [0.25, 0.3) is 0 Å². The van der Waals surface area contributed by atoms with E-state index in [0.29, 0.717) is 0 Å². The SMILES string of the molecule is C[C@H](NCC(O)C(F)(F)F)c1ccncc1. The molecule has 3 nitrogen and oxygen atoms in total. The monoisotopic (exact) mass is 234 g/mol. The Balaban J connectivity index is 2.45. The van der Waals surface area contributed by atoms with Crippen molar-refractivity contribution >= 4 is 0 Å². The average Bonchev–Trinajstić information content (AvgIpc) is 2.25. The van der Waals surface area contributed by atoms with Crippen molar-refractivity contribution in [3.05, 3.63) is 30.1 Å². The summed E-state index contributed by atoms with van der Waals surface area (Å²) >= 11 is 0. The molecule has 0 aliphatic heterocycles. The van der Waals surface area contributed by atoms with Crippen molar-refractivity contribution in [2.24, 2.45) is 0 Å². The van der Waals surface area contributed by atoms with Crippen LogP contribution in [0.2, 0.25) is 0 Å². The highest BCUT2D eigenvalue weighted by Crippen LogP contribution is 2.20. The van der Waals surface area contributed by atoms with Gasteiger partial charge in [-0.3, -0.25) is 4.98 Å². The molecule has 0 aliphatic rings. The van der Waals surface area contributed by atoms with E-state index in [1.54, 1.807) is 31.5 Å². The number of pyridine rings is 1. The molecule has 1 aromatic rings. The second-order valence-electron chi connectivity index (χ2n) is 3.47. The molecule has 1 rings (SSSR count). The molecule has 2 atom stereocenters. The molecular weight excluding hydrogens is 221 g/mol. The molecule has 0 bridgehead atoms. The fourth-order valence-electron chi connectivity index (χ4n) is 1.17. The molecule has 0 amide bonds. The van der Waals surface area contributed by atoms with E-state index in [9.17, 15) is 13.2 Å². The van der Waals surface area contributed by atoms with Crippen molar-refractivity contribution in [1.82, 2.24) is 10.3 Å². The van der Waals surface area contributed by atoms with Crippen LogP contribution in [0.3, 0.4) is 0 Å². The van der Waals surface area contributed by atoms with Gasteiger partial charge in [0.1, 0.15) is 0 Å². The van der Waals surface area contributed by atoms with Gasteiger partial charge in [-0.25, -0.2) is 0 Å². The molecule has 1 unspecified atom stereocenters. The number of nitrogens with one attached hydrogen (secondary N) is 1. The minimum Gasteiger partial charge on any atom is -0.382 e. The van der Waals surface area contributed by atoms with Gasteiger partial charge < -0.3 is 10.4 Å². The maximum atomic E-state index is 12.0. The summed E-state index contributed by atoms with van der Waals surface area (Å²) in [4.78, 5) is 3.81. The summed E-state index contributed by atoms with van der Waals surface area (Å²) < 4.78 is 36.0. The normalized spacial score (nSPS) is 15.8. The summed E-state index contributed by atoms with van der Waals surface area (Å²) in [5.41, 5.74) is 0.823. The van der Waals surface area contributed by atoms with Gasteiger partial charge in [-0.2, -0.15) is 13.2 Å². The van der Waals surface area contributed by atoms with Gasteiger partial charge in [0.25, 0.3) is 0 Å².